The molecule has 1 amide bonds. The van der Waals surface area contributed by atoms with Crippen LogP contribution in [-0.4, -0.2) is 18.6 Å². The number of carbonyl (C=O) groups excluding carboxylic acids is 1. The normalized spacial score (nSPS) is 11.8. The summed E-state index contributed by atoms with van der Waals surface area (Å²) in [5.41, 5.74) is 3.62. The lowest BCUT2D eigenvalue weighted by molar-refractivity contribution is -0.128. The van der Waals surface area contributed by atoms with E-state index < -0.39 is 6.10 Å². The summed E-state index contributed by atoms with van der Waals surface area (Å²) in [6, 6.07) is 16.3. The smallest absolute Gasteiger partial charge is 0.261 e. The van der Waals surface area contributed by atoms with E-state index in [1.54, 1.807) is 0 Å². The molecule has 2 rings (SSSR count). The van der Waals surface area contributed by atoms with Crippen LogP contribution in [-0.2, 0) is 11.2 Å². The zero-order valence-corrected chi connectivity index (χ0v) is 14.8. The number of nitrogens with one attached hydrogen (secondary N) is 1. The van der Waals surface area contributed by atoms with Crippen molar-refractivity contribution in [2.75, 3.05) is 6.54 Å². The van der Waals surface area contributed by atoms with Crippen LogP contribution in [0.25, 0.3) is 0 Å². The maximum absolute atomic E-state index is 12.3. The molecular formula is C21H27NO2. The molecule has 0 radical (unpaired) electrons. The van der Waals surface area contributed by atoms with Gasteiger partial charge in [0, 0.05) is 6.54 Å². The third-order valence-electron chi connectivity index (χ3n) is 4.09. The molecule has 1 N–H and O–H groups in total. The third kappa shape index (κ3) is 5.41. The molecule has 0 aromatic heterocycles. The predicted octanol–water partition coefficient (Wildman–Crippen LogP) is 4.21. The maximum atomic E-state index is 12.3. The van der Waals surface area contributed by atoms with Crippen molar-refractivity contribution in [1.82, 2.24) is 5.32 Å². The Balaban J connectivity index is 1.77. The highest BCUT2D eigenvalue weighted by Crippen LogP contribution is 2.18. The molecule has 0 bridgehead atoms. The fraction of sp³-hybridized carbons (Fsp3) is 0.381. The van der Waals surface area contributed by atoms with E-state index in [9.17, 15) is 4.79 Å². The number of para-hydroxylation sites is 1. The lowest BCUT2D eigenvalue weighted by Gasteiger charge is -2.18. The van der Waals surface area contributed by atoms with E-state index in [0.29, 0.717) is 13.0 Å². The van der Waals surface area contributed by atoms with Crippen molar-refractivity contribution >= 4 is 5.91 Å². The first-order valence-corrected chi connectivity index (χ1v) is 8.65. The van der Waals surface area contributed by atoms with Crippen LogP contribution in [0.2, 0.25) is 0 Å². The fourth-order valence-electron chi connectivity index (χ4n) is 2.54. The molecule has 3 heteroatoms. The molecule has 0 fully saturated rings. The molecule has 0 spiro atoms. The van der Waals surface area contributed by atoms with Crippen LogP contribution in [0.4, 0.5) is 0 Å². The summed E-state index contributed by atoms with van der Waals surface area (Å²) in [5, 5.41) is 2.99. The van der Waals surface area contributed by atoms with Crippen molar-refractivity contribution < 1.29 is 9.53 Å². The molecule has 0 saturated heterocycles. The van der Waals surface area contributed by atoms with Gasteiger partial charge >= 0.3 is 0 Å². The van der Waals surface area contributed by atoms with Gasteiger partial charge in [-0.15, -0.1) is 0 Å². The van der Waals surface area contributed by atoms with Gasteiger partial charge in [0.25, 0.3) is 5.91 Å². The van der Waals surface area contributed by atoms with Gasteiger partial charge in [-0.05, 0) is 50.3 Å². The monoisotopic (exact) mass is 325 g/mol. The molecule has 0 aliphatic heterocycles. The number of hydrogen-bond donors (Lipinski definition) is 1. The predicted molar refractivity (Wildman–Crippen MR) is 98.4 cm³/mol. The minimum Gasteiger partial charge on any atom is -0.480 e. The average Bonchev–Trinajstić information content (AvgIpc) is 2.59. The second-order valence-electron chi connectivity index (χ2n) is 6.16. The molecule has 128 valence electrons. The van der Waals surface area contributed by atoms with Crippen molar-refractivity contribution in [3.05, 3.63) is 65.2 Å². The number of hydrogen-bond acceptors (Lipinski definition) is 2. The van der Waals surface area contributed by atoms with Crippen molar-refractivity contribution in [2.45, 2.75) is 46.1 Å². The summed E-state index contributed by atoms with van der Waals surface area (Å²) in [6.07, 6.45) is 2.11. The van der Waals surface area contributed by atoms with Gasteiger partial charge in [0.2, 0.25) is 0 Å². The first-order valence-electron chi connectivity index (χ1n) is 8.65. The van der Waals surface area contributed by atoms with E-state index in [1.165, 1.54) is 11.1 Å². The second kappa shape index (κ2) is 9.11. The first kappa shape index (κ1) is 18.1. The molecule has 3 nitrogen and oxygen atoms in total. The largest absolute Gasteiger partial charge is 0.480 e. The summed E-state index contributed by atoms with van der Waals surface area (Å²) < 4.78 is 5.87. The van der Waals surface area contributed by atoms with Gasteiger partial charge in [-0.1, -0.05) is 55.0 Å². The molecule has 0 aliphatic carbocycles. The van der Waals surface area contributed by atoms with Crippen LogP contribution in [0.3, 0.4) is 0 Å². The van der Waals surface area contributed by atoms with Crippen LogP contribution in [0.1, 0.15) is 36.5 Å². The summed E-state index contributed by atoms with van der Waals surface area (Å²) >= 11 is 0. The fourth-order valence-corrected chi connectivity index (χ4v) is 2.54. The van der Waals surface area contributed by atoms with Crippen LogP contribution in [0.15, 0.2) is 48.5 Å². The Morgan fingerprint density at radius 2 is 1.79 bits per heavy atom. The van der Waals surface area contributed by atoms with Gasteiger partial charge < -0.3 is 10.1 Å². The van der Waals surface area contributed by atoms with E-state index in [-0.39, 0.29) is 5.91 Å². The van der Waals surface area contributed by atoms with Crippen LogP contribution in [0.5, 0.6) is 5.75 Å². The van der Waals surface area contributed by atoms with E-state index in [4.69, 9.17) is 4.74 Å². The number of aryl methyl sites for hydroxylation is 3. The quantitative estimate of drug-likeness (QED) is 0.738. The van der Waals surface area contributed by atoms with Crippen molar-refractivity contribution in [3.8, 4) is 5.75 Å². The zero-order chi connectivity index (χ0) is 17.4. The third-order valence-corrected chi connectivity index (χ3v) is 4.09. The van der Waals surface area contributed by atoms with Gasteiger partial charge in [-0.25, -0.2) is 0 Å². The first-order chi connectivity index (χ1) is 11.6. The van der Waals surface area contributed by atoms with Crippen molar-refractivity contribution in [1.29, 1.82) is 0 Å². The molecule has 0 heterocycles. The molecule has 1 unspecified atom stereocenters. The second-order valence-corrected chi connectivity index (χ2v) is 6.16. The summed E-state index contributed by atoms with van der Waals surface area (Å²) in [7, 11) is 0. The van der Waals surface area contributed by atoms with Crippen molar-refractivity contribution in [3.63, 3.8) is 0 Å². The summed E-state index contributed by atoms with van der Waals surface area (Å²) in [5.74, 6) is 0.740. The van der Waals surface area contributed by atoms with E-state index >= 15 is 0 Å². The zero-order valence-electron chi connectivity index (χ0n) is 14.8. The van der Waals surface area contributed by atoms with Crippen molar-refractivity contribution in [2.24, 2.45) is 0 Å². The molecular weight excluding hydrogens is 298 g/mol. The van der Waals surface area contributed by atoms with Gasteiger partial charge in [0.1, 0.15) is 5.75 Å². The van der Waals surface area contributed by atoms with Gasteiger partial charge in [0.15, 0.2) is 6.10 Å². The lowest BCUT2D eigenvalue weighted by Crippen LogP contribution is -2.38. The van der Waals surface area contributed by atoms with Gasteiger partial charge in [-0.2, -0.15) is 0 Å². The number of rotatable bonds is 8. The van der Waals surface area contributed by atoms with Crippen LogP contribution < -0.4 is 10.1 Å². The highest BCUT2D eigenvalue weighted by Gasteiger charge is 2.18. The highest BCUT2D eigenvalue weighted by molar-refractivity contribution is 5.81. The van der Waals surface area contributed by atoms with E-state index in [2.05, 4.69) is 36.5 Å². The Morgan fingerprint density at radius 1 is 1.08 bits per heavy atom. The van der Waals surface area contributed by atoms with Gasteiger partial charge in [0.05, 0.1) is 0 Å². The van der Waals surface area contributed by atoms with Gasteiger partial charge in [-0.3, -0.25) is 4.79 Å². The molecule has 2 aromatic carbocycles. The van der Waals surface area contributed by atoms with E-state index in [1.807, 2.05) is 38.1 Å². The number of carbonyl (C=O) groups is 1. The average molecular weight is 325 g/mol. The molecule has 1 atom stereocenters. The topological polar surface area (TPSA) is 38.3 Å². The summed E-state index contributed by atoms with van der Waals surface area (Å²) in [6.45, 7) is 6.71. The lowest BCUT2D eigenvalue weighted by atomic mass is 10.1. The molecule has 2 aromatic rings. The SMILES string of the molecule is CCC(Oc1ccccc1C)C(=O)NCCCc1ccc(C)cc1. The molecule has 0 saturated carbocycles. The number of benzene rings is 2. The Labute approximate surface area is 145 Å². The summed E-state index contributed by atoms with van der Waals surface area (Å²) in [4.78, 5) is 12.3. The maximum Gasteiger partial charge on any atom is 0.261 e. The number of ether oxygens (including phenoxy) is 1. The Morgan fingerprint density at radius 3 is 2.46 bits per heavy atom. The minimum absolute atomic E-state index is 0.0374. The Bertz CT molecular complexity index is 649. The highest BCUT2D eigenvalue weighted by atomic mass is 16.5. The number of amides is 1. The Hall–Kier alpha value is -2.29. The Kier molecular flexibility index (Phi) is 6.86. The molecule has 0 aliphatic rings. The van der Waals surface area contributed by atoms with Crippen LogP contribution in [0, 0.1) is 13.8 Å². The molecule has 24 heavy (non-hydrogen) atoms. The standard InChI is InChI=1S/C21H27NO2/c1-4-19(24-20-10-6-5-8-17(20)3)21(23)22-15-7-9-18-13-11-16(2)12-14-18/h5-6,8,10-14,19H,4,7,9,15H2,1-3H3,(H,22,23). The van der Waals surface area contributed by atoms with E-state index in [0.717, 1.165) is 24.2 Å². The van der Waals surface area contributed by atoms with Crippen LogP contribution >= 0.6 is 0 Å². The minimum atomic E-state index is -0.439.